The zero-order valence-electron chi connectivity index (χ0n) is 4.92. The second-order valence-corrected chi connectivity index (χ2v) is 2.06. The number of carbonyl (C=O) groups is 1. The fraction of sp³-hybridized carbons (Fsp3) is 0. The van der Waals surface area contributed by atoms with E-state index in [0.29, 0.717) is 0 Å². The molecule has 9 heavy (non-hydrogen) atoms. The second kappa shape index (κ2) is 4.54. The van der Waals surface area contributed by atoms with Crippen molar-refractivity contribution in [2.45, 2.75) is 0 Å². The van der Waals surface area contributed by atoms with Crippen LogP contribution >= 0.6 is 11.3 Å². The summed E-state index contributed by atoms with van der Waals surface area (Å²) in [5, 5.41) is 1.92. The third-order valence-electron chi connectivity index (χ3n) is 0.627. The number of nitrogens with zero attached hydrogens (tertiary/aromatic N) is 1. The van der Waals surface area contributed by atoms with E-state index in [1.165, 1.54) is 17.5 Å². The monoisotopic (exact) mass is 166 g/mol. The van der Waals surface area contributed by atoms with E-state index in [9.17, 15) is 4.79 Å². The molecule has 0 unspecified atom stereocenters. The predicted molar refractivity (Wildman–Crippen MR) is 30.8 cm³/mol. The van der Waals surface area contributed by atoms with Crippen molar-refractivity contribution in [3.8, 4) is 0 Å². The van der Waals surface area contributed by atoms with Crippen molar-refractivity contribution in [3.63, 3.8) is 0 Å². The molecule has 0 saturated heterocycles. The molecule has 1 heterocycles. The average Bonchev–Trinajstić information content (AvgIpc) is 2.12. The Morgan fingerprint density at radius 1 is 1.78 bits per heavy atom. The molecule has 0 bridgehead atoms. The van der Waals surface area contributed by atoms with Crippen LogP contribution in [-0.4, -0.2) is 10.9 Å². The van der Waals surface area contributed by atoms with Gasteiger partial charge in [0.25, 0.3) is 0 Å². The molecule has 3 nitrogen and oxygen atoms in total. The molecule has 0 aliphatic rings. The molecule has 0 aliphatic carbocycles. The van der Waals surface area contributed by atoms with Gasteiger partial charge in [-0.15, -0.1) is 11.3 Å². The third-order valence-corrected chi connectivity index (χ3v) is 1.40. The molecule has 0 aliphatic heterocycles. The Morgan fingerprint density at radius 3 is 2.67 bits per heavy atom. The minimum Gasteiger partial charge on any atom is -0.661 e. The van der Waals surface area contributed by atoms with E-state index >= 15 is 0 Å². The van der Waals surface area contributed by atoms with Crippen LogP contribution in [0.1, 0.15) is 9.80 Å². The van der Waals surface area contributed by atoms with Crippen molar-refractivity contribution in [1.29, 1.82) is 0 Å². The van der Waals surface area contributed by atoms with Crippen LogP contribution in [0.3, 0.4) is 0 Å². The zero-order valence-corrected chi connectivity index (χ0v) is 8.86. The molecule has 5 heteroatoms. The van der Waals surface area contributed by atoms with Crippen LogP contribution in [0.15, 0.2) is 11.6 Å². The van der Waals surface area contributed by atoms with Crippen molar-refractivity contribution >= 4 is 17.2 Å². The number of thiazole rings is 1. The van der Waals surface area contributed by atoms with Gasteiger partial charge in [-0.1, -0.05) is 0 Å². The van der Waals surface area contributed by atoms with E-state index < -0.39 is 5.91 Å². The van der Waals surface area contributed by atoms with E-state index in [1.54, 1.807) is 5.38 Å². The van der Waals surface area contributed by atoms with E-state index in [4.69, 9.17) is 5.73 Å². The van der Waals surface area contributed by atoms with Crippen molar-refractivity contribution < 1.29 is 56.2 Å². The van der Waals surface area contributed by atoms with Crippen LogP contribution in [-0.2, 0) is 0 Å². The summed E-state index contributed by atoms with van der Waals surface area (Å²) in [6.45, 7) is 0. The Balaban J connectivity index is 0.000000640. The summed E-state index contributed by atoms with van der Waals surface area (Å²) in [6.07, 6.45) is 1.51. The van der Waals surface area contributed by atoms with Crippen LogP contribution in [0.2, 0.25) is 0 Å². The first-order valence-electron chi connectivity index (χ1n) is 1.96. The molecule has 0 radical (unpaired) electrons. The maximum absolute atomic E-state index is 10.1. The van der Waals surface area contributed by atoms with E-state index in [2.05, 4.69) is 4.98 Å². The Bertz CT molecular complexity index is 186. The predicted octanol–water partition coefficient (Wildman–Crippen LogP) is -1.66. The van der Waals surface area contributed by atoms with Crippen molar-refractivity contribution in [3.05, 3.63) is 22.3 Å². The number of rotatable bonds is 1. The van der Waals surface area contributed by atoms with Gasteiger partial charge in [0.2, 0.25) is 0 Å². The van der Waals surface area contributed by atoms with Gasteiger partial charge in [0, 0.05) is 11.6 Å². The number of amides is 1. The standard InChI is InChI=1S/C4H4N2OS.K/c5-3(7)4-6-1-2-8-4;/h1-2H,(H2,5,7);/q;+1/p-1. The molecule has 1 aromatic heterocycles. The van der Waals surface area contributed by atoms with Crippen LogP contribution in [0.5, 0.6) is 0 Å². The molecule has 0 saturated carbocycles. The molecule has 0 fully saturated rings. The Labute approximate surface area is 99.1 Å². The van der Waals surface area contributed by atoms with Gasteiger partial charge in [0.05, 0.1) is 0 Å². The average molecular weight is 166 g/mol. The summed E-state index contributed by atoms with van der Waals surface area (Å²) < 4.78 is 0. The molecule has 0 aromatic carbocycles. The number of carbonyl (C=O) groups excluding carboxylic acids is 1. The Morgan fingerprint density at radius 2 is 2.44 bits per heavy atom. The minimum atomic E-state index is -0.708. The fourth-order valence-corrected chi connectivity index (χ4v) is 0.815. The molecule has 42 valence electrons. The maximum Gasteiger partial charge on any atom is 1.00 e. The largest absolute Gasteiger partial charge is 1.00 e. The van der Waals surface area contributed by atoms with Gasteiger partial charge >= 0.3 is 51.4 Å². The molecular weight excluding hydrogens is 163 g/mol. The topological polar surface area (TPSA) is 53.8 Å². The number of aromatic nitrogens is 1. The van der Waals surface area contributed by atoms with E-state index in [0.717, 1.165) is 0 Å². The summed E-state index contributed by atoms with van der Waals surface area (Å²) in [7, 11) is 0. The summed E-state index contributed by atoms with van der Waals surface area (Å²) in [5.41, 5.74) is 6.54. The first-order chi connectivity index (χ1) is 3.80. The number of hydrogen-bond donors (Lipinski definition) is 0. The van der Waals surface area contributed by atoms with Gasteiger partial charge in [0.15, 0.2) is 0 Å². The van der Waals surface area contributed by atoms with Crippen molar-refractivity contribution in [2.24, 2.45) is 0 Å². The first kappa shape index (κ1) is 9.74. The zero-order chi connectivity index (χ0) is 5.98. The molecular formula is C4H3KN2OS. The molecule has 1 aromatic rings. The summed E-state index contributed by atoms with van der Waals surface area (Å²) in [5.74, 6) is -0.708. The van der Waals surface area contributed by atoms with Crippen LogP contribution in [0.25, 0.3) is 5.73 Å². The van der Waals surface area contributed by atoms with Gasteiger partial charge in [0.1, 0.15) is 10.9 Å². The summed E-state index contributed by atoms with van der Waals surface area (Å²) >= 11 is 1.18. The molecule has 0 spiro atoms. The van der Waals surface area contributed by atoms with Gasteiger partial charge in [-0.3, -0.25) is 0 Å². The van der Waals surface area contributed by atoms with Crippen molar-refractivity contribution in [2.75, 3.05) is 0 Å². The number of nitrogens with one attached hydrogen (secondary N) is 1. The summed E-state index contributed by atoms with van der Waals surface area (Å²) in [4.78, 5) is 13.7. The van der Waals surface area contributed by atoms with Gasteiger partial charge in [-0.25, -0.2) is 4.98 Å². The molecule has 0 atom stereocenters. The van der Waals surface area contributed by atoms with Gasteiger partial charge in [-0.2, -0.15) is 0 Å². The quantitative estimate of drug-likeness (QED) is 0.469. The first-order valence-corrected chi connectivity index (χ1v) is 2.84. The fourth-order valence-electron chi connectivity index (χ4n) is 0.336. The Kier molecular flexibility index (Phi) is 4.91. The molecule has 1 rings (SSSR count). The Hall–Kier alpha value is 0.736. The molecule has 1 N–H and O–H groups in total. The number of hydrogen-bond acceptors (Lipinski definition) is 3. The van der Waals surface area contributed by atoms with Crippen LogP contribution in [0.4, 0.5) is 0 Å². The minimum absolute atomic E-state index is 0. The van der Waals surface area contributed by atoms with Gasteiger partial charge in [-0.05, 0) is 0 Å². The maximum atomic E-state index is 10.1. The molecule has 1 amide bonds. The van der Waals surface area contributed by atoms with E-state index in [1.807, 2.05) is 0 Å². The normalized spacial score (nSPS) is 8.00. The van der Waals surface area contributed by atoms with E-state index in [-0.39, 0.29) is 56.4 Å². The smallest absolute Gasteiger partial charge is 0.661 e. The SMILES string of the molecule is [K+].[NH-]C(=O)c1nccs1. The van der Waals surface area contributed by atoms with Gasteiger partial charge < -0.3 is 10.5 Å². The summed E-state index contributed by atoms with van der Waals surface area (Å²) in [6, 6.07) is 0. The second-order valence-electron chi connectivity index (χ2n) is 1.17. The third kappa shape index (κ3) is 2.88. The van der Waals surface area contributed by atoms with Crippen LogP contribution < -0.4 is 51.4 Å². The van der Waals surface area contributed by atoms with Crippen LogP contribution in [0, 0.1) is 0 Å². The van der Waals surface area contributed by atoms with Crippen molar-refractivity contribution in [1.82, 2.24) is 4.98 Å².